The van der Waals surface area contributed by atoms with Gasteiger partial charge >= 0.3 is 5.97 Å². The lowest BCUT2D eigenvalue weighted by atomic mass is 10.0. The molecule has 0 saturated carbocycles. The number of carboxylic acids is 1. The van der Waals surface area contributed by atoms with Gasteiger partial charge in [-0.1, -0.05) is 0 Å². The fourth-order valence-corrected chi connectivity index (χ4v) is 2.13. The van der Waals surface area contributed by atoms with Crippen LogP contribution in [0.25, 0.3) is 0 Å². The molecule has 0 saturated heterocycles. The quantitative estimate of drug-likeness (QED) is 0.872. The maximum absolute atomic E-state index is 11.7. The van der Waals surface area contributed by atoms with E-state index in [-0.39, 0.29) is 11.9 Å². The molecule has 6 nitrogen and oxygen atoms in total. The van der Waals surface area contributed by atoms with Crippen molar-refractivity contribution < 1.29 is 14.7 Å². The van der Waals surface area contributed by atoms with Gasteiger partial charge in [-0.15, -0.1) is 0 Å². The van der Waals surface area contributed by atoms with Crippen LogP contribution in [0.3, 0.4) is 0 Å². The molecule has 0 aliphatic heterocycles. The zero-order valence-corrected chi connectivity index (χ0v) is 11.3. The van der Waals surface area contributed by atoms with Gasteiger partial charge in [-0.2, -0.15) is 5.10 Å². The van der Waals surface area contributed by atoms with Crippen LogP contribution in [0.15, 0.2) is 6.20 Å². The highest BCUT2D eigenvalue weighted by molar-refractivity contribution is 5.83. The van der Waals surface area contributed by atoms with Crippen molar-refractivity contribution in [1.29, 1.82) is 0 Å². The molecule has 18 heavy (non-hydrogen) atoms. The van der Waals surface area contributed by atoms with E-state index in [1.807, 2.05) is 0 Å². The van der Waals surface area contributed by atoms with Crippen LogP contribution >= 0.6 is 0 Å². The van der Waals surface area contributed by atoms with Crippen LogP contribution < -0.4 is 0 Å². The number of hydrogen-bond donors (Lipinski definition) is 1. The van der Waals surface area contributed by atoms with E-state index in [1.54, 1.807) is 38.7 Å². The molecule has 1 aromatic rings. The summed E-state index contributed by atoms with van der Waals surface area (Å²) in [5.41, 5.74) is 1.17. The Hall–Kier alpha value is -1.85. The van der Waals surface area contributed by atoms with E-state index in [4.69, 9.17) is 0 Å². The number of aliphatic carboxylic acids is 1. The molecule has 0 fully saturated rings. The van der Waals surface area contributed by atoms with E-state index in [9.17, 15) is 14.7 Å². The summed E-state index contributed by atoms with van der Waals surface area (Å²) in [6.07, 6.45) is 1.65. The molecule has 1 unspecified atom stereocenters. The molecule has 1 atom stereocenters. The minimum atomic E-state index is -1.05. The third-order valence-electron chi connectivity index (χ3n) is 2.78. The summed E-state index contributed by atoms with van der Waals surface area (Å²) in [5, 5.41) is 13.5. The molecule has 1 amide bonds. The van der Waals surface area contributed by atoms with Gasteiger partial charge in [-0.25, -0.2) is 4.79 Å². The first kappa shape index (κ1) is 14.2. The van der Waals surface area contributed by atoms with Crippen molar-refractivity contribution in [2.45, 2.75) is 39.8 Å². The van der Waals surface area contributed by atoms with Crippen molar-refractivity contribution in [2.75, 3.05) is 0 Å². The Morgan fingerprint density at radius 1 is 1.44 bits per heavy atom. The second-order valence-corrected chi connectivity index (χ2v) is 4.60. The van der Waals surface area contributed by atoms with Crippen molar-refractivity contribution >= 4 is 11.9 Å². The Morgan fingerprint density at radius 3 is 2.28 bits per heavy atom. The van der Waals surface area contributed by atoms with Gasteiger partial charge in [0.2, 0.25) is 5.91 Å². The Labute approximate surface area is 106 Å². The van der Waals surface area contributed by atoms with Gasteiger partial charge in [-0.3, -0.25) is 9.48 Å². The van der Waals surface area contributed by atoms with E-state index < -0.39 is 12.0 Å². The first-order chi connectivity index (χ1) is 8.25. The number of aryl methyl sites for hydroxylation is 2. The highest BCUT2D eigenvalue weighted by atomic mass is 16.4. The third kappa shape index (κ3) is 2.69. The largest absolute Gasteiger partial charge is 0.479 e. The van der Waals surface area contributed by atoms with Crippen LogP contribution in [-0.4, -0.2) is 37.7 Å². The average molecular weight is 253 g/mol. The summed E-state index contributed by atoms with van der Waals surface area (Å²) in [7, 11) is 1.73. The Kier molecular flexibility index (Phi) is 4.11. The normalized spacial score (nSPS) is 12.6. The van der Waals surface area contributed by atoms with Gasteiger partial charge in [0.25, 0.3) is 0 Å². The number of amides is 1. The van der Waals surface area contributed by atoms with Crippen LogP contribution in [-0.2, 0) is 16.6 Å². The van der Waals surface area contributed by atoms with Gasteiger partial charge < -0.3 is 10.0 Å². The number of carbonyl (C=O) groups excluding carboxylic acids is 1. The lowest BCUT2D eigenvalue weighted by molar-refractivity contribution is -0.151. The zero-order chi connectivity index (χ0) is 14.0. The topological polar surface area (TPSA) is 75.4 Å². The van der Waals surface area contributed by atoms with Gasteiger partial charge in [-0.05, 0) is 20.8 Å². The van der Waals surface area contributed by atoms with E-state index in [0.29, 0.717) is 11.3 Å². The number of aromatic nitrogens is 2. The highest BCUT2D eigenvalue weighted by Crippen LogP contribution is 2.25. The minimum Gasteiger partial charge on any atom is -0.479 e. The van der Waals surface area contributed by atoms with Crippen molar-refractivity contribution in [1.82, 2.24) is 14.7 Å². The molecule has 0 spiro atoms. The van der Waals surface area contributed by atoms with Crippen molar-refractivity contribution in [3.8, 4) is 0 Å². The molecular formula is C12H19N3O3. The Morgan fingerprint density at radius 2 is 2.00 bits per heavy atom. The summed E-state index contributed by atoms with van der Waals surface area (Å²) in [6, 6.07) is -1.18. The first-order valence-corrected chi connectivity index (χ1v) is 5.77. The molecule has 1 aromatic heterocycles. The van der Waals surface area contributed by atoms with Crippen LogP contribution in [0.4, 0.5) is 0 Å². The van der Waals surface area contributed by atoms with Gasteiger partial charge in [0.05, 0.1) is 5.69 Å². The van der Waals surface area contributed by atoms with E-state index in [1.165, 1.54) is 11.8 Å². The van der Waals surface area contributed by atoms with Gasteiger partial charge in [0.1, 0.15) is 0 Å². The number of rotatable bonds is 4. The highest BCUT2D eigenvalue weighted by Gasteiger charge is 2.33. The lowest BCUT2D eigenvalue weighted by Gasteiger charge is -2.31. The Bertz CT molecular complexity index is 465. The molecule has 1 heterocycles. The average Bonchev–Trinajstić information content (AvgIpc) is 2.51. The summed E-state index contributed by atoms with van der Waals surface area (Å²) in [4.78, 5) is 24.5. The molecule has 1 N–H and O–H groups in total. The van der Waals surface area contributed by atoms with Crippen LogP contribution in [0, 0.1) is 6.92 Å². The fourth-order valence-electron chi connectivity index (χ4n) is 2.13. The minimum absolute atomic E-state index is 0.191. The maximum atomic E-state index is 11.7. The predicted octanol–water partition coefficient (Wildman–Crippen LogP) is 1.11. The monoisotopic (exact) mass is 253 g/mol. The number of carbonyl (C=O) groups is 2. The lowest BCUT2D eigenvalue weighted by Crippen LogP contribution is -2.42. The maximum Gasteiger partial charge on any atom is 0.331 e. The fraction of sp³-hybridized carbons (Fsp3) is 0.583. The standard InChI is InChI=1S/C12H19N3O3/c1-7(2)15(9(4)16)11(12(17)18)10-6-14(5)13-8(10)3/h6-7,11H,1-5H3,(H,17,18). The van der Waals surface area contributed by atoms with Crippen molar-refractivity contribution in [2.24, 2.45) is 7.05 Å². The molecule has 100 valence electrons. The molecule has 0 radical (unpaired) electrons. The van der Waals surface area contributed by atoms with Crippen molar-refractivity contribution in [3.05, 3.63) is 17.5 Å². The van der Waals surface area contributed by atoms with Crippen molar-refractivity contribution in [3.63, 3.8) is 0 Å². The predicted molar refractivity (Wildman–Crippen MR) is 66.0 cm³/mol. The van der Waals surface area contributed by atoms with E-state index in [2.05, 4.69) is 5.10 Å². The second kappa shape index (κ2) is 5.20. The van der Waals surface area contributed by atoms with E-state index >= 15 is 0 Å². The smallest absolute Gasteiger partial charge is 0.331 e. The number of carboxylic acid groups (broad SMARTS) is 1. The SMILES string of the molecule is CC(=O)N(C(C)C)C(C(=O)O)c1cn(C)nc1C. The summed E-state index contributed by atoms with van der Waals surface area (Å²) >= 11 is 0. The van der Waals surface area contributed by atoms with Gasteiger partial charge in [0.15, 0.2) is 6.04 Å². The zero-order valence-electron chi connectivity index (χ0n) is 11.3. The molecule has 0 bridgehead atoms. The molecule has 0 aliphatic rings. The Balaban J connectivity index is 3.29. The van der Waals surface area contributed by atoms with Crippen LogP contribution in [0.1, 0.15) is 38.1 Å². The molecule has 1 rings (SSSR count). The van der Waals surface area contributed by atoms with Crippen LogP contribution in [0.2, 0.25) is 0 Å². The summed E-state index contributed by atoms with van der Waals surface area (Å²) in [5.74, 6) is -1.31. The van der Waals surface area contributed by atoms with E-state index in [0.717, 1.165) is 0 Å². The summed E-state index contributed by atoms with van der Waals surface area (Å²) < 4.78 is 1.55. The number of nitrogens with zero attached hydrogens (tertiary/aromatic N) is 3. The second-order valence-electron chi connectivity index (χ2n) is 4.60. The molecule has 0 aliphatic carbocycles. The summed E-state index contributed by atoms with van der Waals surface area (Å²) in [6.45, 7) is 6.71. The molecule has 0 aromatic carbocycles. The third-order valence-corrected chi connectivity index (χ3v) is 2.78. The first-order valence-electron chi connectivity index (χ1n) is 5.77. The van der Waals surface area contributed by atoms with Gasteiger partial charge in [0, 0.05) is 31.8 Å². The molecular weight excluding hydrogens is 234 g/mol. The number of hydrogen-bond acceptors (Lipinski definition) is 3. The van der Waals surface area contributed by atoms with Crippen LogP contribution in [0.5, 0.6) is 0 Å². The molecule has 6 heteroatoms.